The Morgan fingerprint density at radius 1 is 0.776 bits per heavy atom. The van der Waals surface area contributed by atoms with Crippen molar-refractivity contribution in [1.82, 2.24) is 24.7 Å². The van der Waals surface area contributed by atoms with Crippen LogP contribution in [0, 0.1) is 18.3 Å². The summed E-state index contributed by atoms with van der Waals surface area (Å²) in [6.07, 6.45) is 0.872. The molecule has 0 bridgehead atoms. The van der Waals surface area contributed by atoms with E-state index >= 15 is 0 Å². The van der Waals surface area contributed by atoms with Crippen molar-refractivity contribution in [3.8, 4) is 11.2 Å². The highest BCUT2D eigenvalue weighted by Gasteiger charge is 2.32. The predicted molar refractivity (Wildman–Crippen MR) is 289 cm³/mol. The van der Waals surface area contributed by atoms with Gasteiger partial charge in [0.15, 0.2) is 16.8 Å². The van der Waals surface area contributed by atoms with E-state index in [9.17, 15) is 44.2 Å². The van der Waals surface area contributed by atoms with E-state index in [1.165, 1.54) is 46.4 Å². The maximum atomic E-state index is 13.1. The van der Waals surface area contributed by atoms with Gasteiger partial charge in [-0.05, 0) is 115 Å². The van der Waals surface area contributed by atoms with Crippen molar-refractivity contribution in [3.63, 3.8) is 0 Å². The van der Waals surface area contributed by atoms with Gasteiger partial charge in [-0.3, -0.25) is 18.6 Å². The van der Waals surface area contributed by atoms with E-state index < -0.39 is 40.7 Å². The molecule has 5 N–H and O–H groups in total. The minimum atomic E-state index is -4.84. The normalized spacial score (nSPS) is 12.6. The number of nitrogens with zero attached hydrogens (tertiary/aromatic N) is 9. The maximum absolute atomic E-state index is 13.1. The number of pyridine rings is 1. The number of nitrogens with one attached hydrogen (secondary N) is 1. The molecule has 0 spiro atoms. The molecular formula is C48H48N10O12S6. The van der Waals surface area contributed by atoms with E-state index in [0.717, 1.165) is 23.4 Å². The summed E-state index contributed by atoms with van der Waals surface area (Å²) in [4.78, 5) is 15.8. The third kappa shape index (κ3) is 11.1. The van der Waals surface area contributed by atoms with Gasteiger partial charge in [-0.25, -0.2) is 20.2 Å². The SMILES string of the molecule is CCc1ccc(S(=O)(=O)O)c(CC)c1Nc1nc(N(c2nc3ccc(S(=O)(=O)O)cc3s2)c2c(CC)ccc(S(=O)(=O)O)c2CC)cc(C)c1N=Nc1c(C#N)c(C(C)(C)C)nn1-c1nc2ccc(SOOO)cc2s1. The lowest BCUT2D eigenvalue weighted by Crippen LogP contribution is -2.18. The quantitative estimate of drug-likeness (QED) is 0.0175. The fourth-order valence-electron chi connectivity index (χ4n) is 8.54. The summed E-state index contributed by atoms with van der Waals surface area (Å²) in [5, 5.41) is 41.5. The molecule has 0 saturated carbocycles. The zero-order valence-electron chi connectivity index (χ0n) is 41.7. The number of aryl methyl sites for hydroxylation is 3. The first-order valence-corrected chi connectivity index (χ1v) is 29.8. The Hall–Kier alpha value is -6.33. The molecule has 8 rings (SSSR count). The van der Waals surface area contributed by atoms with Gasteiger partial charge < -0.3 is 5.32 Å². The van der Waals surface area contributed by atoms with E-state index in [-0.39, 0.29) is 79.0 Å². The van der Waals surface area contributed by atoms with Gasteiger partial charge in [-0.15, -0.1) is 14.6 Å². The third-order valence-electron chi connectivity index (χ3n) is 12.0. The van der Waals surface area contributed by atoms with Crippen molar-refractivity contribution >= 4 is 125 Å². The molecule has 28 heteroatoms. The van der Waals surface area contributed by atoms with Crippen LogP contribution in [0.5, 0.6) is 0 Å². The summed E-state index contributed by atoms with van der Waals surface area (Å²) in [6, 6.07) is 18.6. The van der Waals surface area contributed by atoms with Crippen LogP contribution in [-0.4, -0.2) is 68.9 Å². The molecule has 4 aromatic heterocycles. The molecule has 0 saturated heterocycles. The second kappa shape index (κ2) is 21.6. The Labute approximate surface area is 449 Å². The Morgan fingerprint density at radius 3 is 2.01 bits per heavy atom. The smallest absolute Gasteiger partial charge is 0.294 e. The van der Waals surface area contributed by atoms with E-state index in [1.807, 2.05) is 34.6 Å². The minimum absolute atomic E-state index is 0.00745. The number of benzene rings is 4. The molecule has 0 aliphatic rings. The van der Waals surface area contributed by atoms with Crippen LogP contribution in [0.3, 0.4) is 0 Å². The van der Waals surface area contributed by atoms with Gasteiger partial charge in [0.05, 0.1) is 58.5 Å². The molecule has 0 aliphatic heterocycles. The molecule has 0 amide bonds. The summed E-state index contributed by atoms with van der Waals surface area (Å²) < 4.78 is 115. The largest absolute Gasteiger partial charge is 0.338 e. The van der Waals surface area contributed by atoms with Crippen molar-refractivity contribution in [2.75, 3.05) is 10.2 Å². The molecule has 22 nitrogen and oxygen atoms in total. The van der Waals surface area contributed by atoms with Crippen molar-refractivity contribution in [2.45, 2.75) is 106 Å². The summed E-state index contributed by atoms with van der Waals surface area (Å²) >= 11 is 2.98. The number of azo groups is 1. The number of thiazole rings is 2. The van der Waals surface area contributed by atoms with Gasteiger partial charge in [0, 0.05) is 16.0 Å². The molecule has 0 atom stereocenters. The van der Waals surface area contributed by atoms with Crippen LogP contribution in [0.1, 0.15) is 87.5 Å². The summed E-state index contributed by atoms with van der Waals surface area (Å²) in [5.41, 5.74) is 3.19. The Morgan fingerprint density at radius 2 is 1.41 bits per heavy atom. The third-order valence-corrected chi connectivity index (χ3v) is 17.3. The highest BCUT2D eigenvalue weighted by molar-refractivity contribution is 7.94. The van der Waals surface area contributed by atoms with Crippen LogP contribution in [0.2, 0.25) is 0 Å². The number of anilines is 5. The number of hydrogen-bond acceptors (Lipinski definition) is 21. The van der Waals surface area contributed by atoms with Crippen molar-refractivity contribution in [3.05, 3.63) is 106 Å². The zero-order valence-corrected chi connectivity index (χ0v) is 46.6. The molecular weight excluding hydrogens is 1100 g/mol. The molecule has 8 aromatic rings. The Kier molecular flexibility index (Phi) is 15.9. The van der Waals surface area contributed by atoms with Gasteiger partial charge in [0.1, 0.15) is 23.1 Å². The summed E-state index contributed by atoms with van der Waals surface area (Å²) in [6.45, 7) is 14.4. The molecule has 0 unspecified atom stereocenters. The van der Waals surface area contributed by atoms with Gasteiger partial charge in [-0.1, -0.05) is 88.3 Å². The average molecular weight is 1150 g/mol. The van der Waals surface area contributed by atoms with Crippen molar-refractivity contribution in [2.24, 2.45) is 10.2 Å². The lowest BCUT2D eigenvalue weighted by molar-refractivity contribution is -0.432. The lowest BCUT2D eigenvalue weighted by Gasteiger charge is -2.28. The van der Waals surface area contributed by atoms with Crippen LogP contribution >= 0.6 is 34.7 Å². The Bertz CT molecular complexity index is 4030. The first-order chi connectivity index (χ1) is 35.8. The van der Waals surface area contributed by atoms with E-state index in [0.29, 0.717) is 65.7 Å². The number of rotatable bonds is 18. The van der Waals surface area contributed by atoms with Crippen LogP contribution in [-0.2, 0) is 70.8 Å². The van der Waals surface area contributed by atoms with Crippen molar-refractivity contribution in [1.29, 1.82) is 5.26 Å². The minimum Gasteiger partial charge on any atom is -0.338 e. The maximum Gasteiger partial charge on any atom is 0.294 e. The van der Waals surface area contributed by atoms with Crippen LogP contribution in [0.25, 0.3) is 25.6 Å². The molecule has 0 fully saturated rings. The molecule has 0 radical (unpaired) electrons. The molecule has 4 aromatic carbocycles. The van der Waals surface area contributed by atoms with E-state index in [2.05, 4.69) is 20.8 Å². The summed E-state index contributed by atoms with van der Waals surface area (Å²) in [7, 11) is -14.3. The highest BCUT2D eigenvalue weighted by Crippen LogP contribution is 2.47. The Balaban J connectivity index is 1.45. The van der Waals surface area contributed by atoms with Crippen LogP contribution < -0.4 is 10.2 Å². The number of nitriles is 1. The molecule has 4 heterocycles. The average Bonchev–Trinajstić information content (AvgIpc) is 4.09. The monoisotopic (exact) mass is 1150 g/mol. The number of hydrogen-bond donors (Lipinski definition) is 5. The first kappa shape index (κ1) is 55.9. The van der Waals surface area contributed by atoms with Gasteiger partial charge in [-0.2, -0.15) is 40.3 Å². The zero-order chi connectivity index (χ0) is 55.2. The fraction of sp³-hybridized carbons (Fsp3) is 0.271. The standard InChI is InChI=1S/C48H48N10O12S6/c1-9-26-13-19-37(75(63,64)65)30(11-3)41(26)53-44-40(54-55-45-32(24-49)43(48(6,7)8)56-58(45)47-51-33-17-15-28(73-70-69-59)22-35(33)72-47)25(5)21-39(52-44)57(42-27(10-2)14-20-38(31(42)12-4)76(66,67)68)46-50-34-18-16-29(74(60,61)62)23-36(34)71-46/h13-23,59H,9-12H2,1-8H3,(H,52,53)(H,60,61,62)(H,63,64,65)(H,66,67,68). The predicted octanol–water partition coefficient (Wildman–Crippen LogP) is 12.0. The second-order valence-corrected chi connectivity index (χ2v) is 24.9. The molecule has 0 aliphatic carbocycles. The van der Waals surface area contributed by atoms with Gasteiger partial charge in [0.2, 0.25) is 5.13 Å². The summed E-state index contributed by atoms with van der Waals surface area (Å²) in [5.74, 6) is 0.0248. The lowest BCUT2D eigenvalue weighted by atomic mass is 9.90. The van der Waals surface area contributed by atoms with Crippen LogP contribution in [0.4, 0.5) is 39.6 Å². The topological polar surface area (TPSA) is 322 Å². The second-order valence-electron chi connectivity index (χ2n) is 17.9. The molecule has 398 valence electrons. The number of fused-ring (bicyclic) bond motifs is 2. The van der Waals surface area contributed by atoms with E-state index in [4.69, 9.17) is 35.5 Å². The number of aromatic nitrogens is 5. The van der Waals surface area contributed by atoms with Crippen LogP contribution in [0.15, 0.2) is 96.5 Å². The van der Waals surface area contributed by atoms with E-state index in [1.54, 1.807) is 62.1 Å². The highest BCUT2D eigenvalue weighted by atomic mass is 32.2. The van der Waals surface area contributed by atoms with Gasteiger partial charge in [0.25, 0.3) is 30.4 Å². The molecule has 76 heavy (non-hydrogen) atoms. The fourth-order valence-corrected chi connectivity index (χ4v) is 13.2. The first-order valence-electron chi connectivity index (χ1n) is 23.1. The van der Waals surface area contributed by atoms with Crippen molar-refractivity contribution < 1.29 is 53.5 Å². The van der Waals surface area contributed by atoms with Gasteiger partial charge >= 0.3 is 0 Å².